The lowest BCUT2D eigenvalue weighted by Crippen LogP contribution is -2.27. The molecule has 1 aromatic carbocycles. The SMILES string of the molecule is Cc1cc2nc(-c3n[nH]cc3NC(=O)CN(C)C)[nH]c2cc1C. The Balaban J connectivity index is 1.94. The molecule has 3 N–H and O–H groups in total. The lowest BCUT2D eigenvalue weighted by molar-refractivity contribution is -0.116. The fourth-order valence-electron chi connectivity index (χ4n) is 2.42. The van der Waals surface area contributed by atoms with E-state index in [1.54, 1.807) is 6.20 Å². The molecule has 0 radical (unpaired) electrons. The molecule has 1 amide bonds. The summed E-state index contributed by atoms with van der Waals surface area (Å²) in [6, 6.07) is 4.11. The number of carbonyl (C=O) groups excluding carboxylic acids is 1. The lowest BCUT2D eigenvalue weighted by atomic mass is 10.1. The van der Waals surface area contributed by atoms with Gasteiger partial charge in [-0.15, -0.1) is 0 Å². The number of anilines is 1. The molecule has 0 bridgehead atoms. The Morgan fingerprint density at radius 1 is 1.26 bits per heavy atom. The number of fused-ring (bicyclic) bond motifs is 1. The Kier molecular flexibility index (Phi) is 3.87. The smallest absolute Gasteiger partial charge is 0.238 e. The number of nitrogens with zero attached hydrogens (tertiary/aromatic N) is 3. The van der Waals surface area contributed by atoms with E-state index in [1.807, 2.05) is 25.1 Å². The molecule has 3 rings (SSSR count). The maximum absolute atomic E-state index is 11.9. The highest BCUT2D eigenvalue weighted by atomic mass is 16.2. The Morgan fingerprint density at radius 2 is 2.00 bits per heavy atom. The molecular formula is C16H20N6O. The third-order valence-electron chi connectivity index (χ3n) is 3.70. The van der Waals surface area contributed by atoms with Crippen molar-refractivity contribution in [3.63, 3.8) is 0 Å². The lowest BCUT2D eigenvalue weighted by Gasteiger charge is -2.09. The van der Waals surface area contributed by atoms with Crippen molar-refractivity contribution in [1.82, 2.24) is 25.1 Å². The van der Waals surface area contributed by atoms with Crippen molar-refractivity contribution in [3.05, 3.63) is 29.5 Å². The van der Waals surface area contributed by atoms with Gasteiger partial charge in [-0.3, -0.25) is 9.89 Å². The number of hydrogen-bond donors (Lipinski definition) is 3. The van der Waals surface area contributed by atoms with Crippen LogP contribution in [0.4, 0.5) is 5.69 Å². The molecule has 7 heteroatoms. The number of aromatic nitrogens is 4. The third-order valence-corrected chi connectivity index (χ3v) is 3.70. The number of carbonyl (C=O) groups is 1. The van der Waals surface area contributed by atoms with Crippen LogP contribution in [0.3, 0.4) is 0 Å². The molecule has 0 aliphatic carbocycles. The van der Waals surface area contributed by atoms with E-state index in [9.17, 15) is 4.79 Å². The molecule has 3 aromatic rings. The number of aromatic amines is 2. The summed E-state index contributed by atoms with van der Waals surface area (Å²) in [5.41, 5.74) is 5.45. The summed E-state index contributed by atoms with van der Waals surface area (Å²) >= 11 is 0. The second-order valence-electron chi connectivity index (χ2n) is 5.97. The average Bonchev–Trinajstić information content (AvgIpc) is 3.04. The van der Waals surface area contributed by atoms with Crippen LogP contribution in [0.5, 0.6) is 0 Å². The summed E-state index contributed by atoms with van der Waals surface area (Å²) in [5.74, 6) is 0.534. The number of H-pyrrole nitrogens is 2. The number of amides is 1. The summed E-state index contributed by atoms with van der Waals surface area (Å²) < 4.78 is 0. The molecular weight excluding hydrogens is 292 g/mol. The number of hydrogen-bond acceptors (Lipinski definition) is 4. The quantitative estimate of drug-likeness (QED) is 0.688. The second-order valence-corrected chi connectivity index (χ2v) is 5.97. The molecule has 0 aliphatic heterocycles. The van der Waals surface area contributed by atoms with Crippen LogP contribution in [0, 0.1) is 13.8 Å². The van der Waals surface area contributed by atoms with E-state index in [-0.39, 0.29) is 5.91 Å². The van der Waals surface area contributed by atoms with Crippen molar-refractivity contribution in [1.29, 1.82) is 0 Å². The zero-order valence-corrected chi connectivity index (χ0v) is 13.7. The van der Waals surface area contributed by atoms with Gasteiger partial charge in [0.05, 0.1) is 23.3 Å². The first-order chi connectivity index (χ1) is 10.9. The van der Waals surface area contributed by atoms with Gasteiger partial charge in [-0.2, -0.15) is 5.10 Å². The monoisotopic (exact) mass is 312 g/mol. The number of aryl methyl sites for hydroxylation is 2. The van der Waals surface area contributed by atoms with Gasteiger partial charge in [0.2, 0.25) is 5.91 Å². The molecule has 0 unspecified atom stereocenters. The minimum atomic E-state index is -0.0968. The first kappa shape index (κ1) is 15.2. The van der Waals surface area contributed by atoms with Crippen molar-refractivity contribution in [2.45, 2.75) is 13.8 Å². The molecule has 2 aromatic heterocycles. The van der Waals surface area contributed by atoms with Crippen LogP contribution in [-0.2, 0) is 4.79 Å². The summed E-state index contributed by atoms with van der Waals surface area (Å²) in [6.45, 7) is 4.43. The largest absolute Gasteiger partial charge is 0.337 e. The molecule has 0 spiro atoms. The molecule has 0 saturated carbocycles. The number of benzene rings is 1. The number of imidazole rings is 1. The van der Waals surface area contributed by atoms with Gasteiger partial charge in [-0.25, -0.2) is 4.98 Å². The van der Waals surface area contributed by atoms with Crippen molar-refractivity contribution in [2.75, 3.05) is 26.0 Å². The van der Waals surface area contributed by atoms with Gasteiger partial charge in [0.25, 0.3) is 0 Å². The standard InChI is InChI=1S/C16H20N6O/c1-9-5-11-12(6-10(9)2)20-16(19-11)15-13(7-17-21-15)18-14(23)8-22(3)4/h5-7H,8H2,1-4H3,(H,17,21)(H,18,23)(H,19,20). The molecule has 120 valence electrons. The zero-order valence-electron chi connectivity index (χ0n) is 13.7. The van der Waals surface area contributed by atoms with Gasteiger partial charge in [-0.05, 0) is 51.2 Å². The van der Waals surface area contributed by atoms with Crippen molar-refractivity contribution < 1.29 is 4.79 Å². The second kappa shape index (κ2) is 5.85. The first-order valence-electron chi connectivity index (χ1n) is 7.39. The van der Waals surface area contributed by atoms with Gasteiger partial charge in [0.1, 0.15) is 0 Å². The van der Waals surface area contributed by atoms with Crippen molar-refractivity contribution in [3.8, 4) is 11.5 Å². The van der Waals surface area contributed by atoms with Crippen LogP contribution in [0.2, 0.25) is 0 Å². The van der Waals surface area contributed by atoms with Crippen LogP contribution >= 0.6 is 0 Å². The first-order valence-corrected chi connectivity index (χ1v) is 7.39. The van der Waals surface area contributed by atoms with Crippen molar-refractivity contribution in [2.24, 2.45) is 0 Å². The van der Waals surface area contributed by atoms with Gasteiger partial charge in [0.15, 0.2) is 11.5 Å². The van der Waals surface area contributed by atoms with Crippen LogP contribution in [0.1, 0.15) is 11.1 Å². The van der Waals surface area contributed by atoms with Crippen molar-refractivity contribution >= 4 is 22.6 Å². The Labute approximate surface area is 134 Å². The molecule has 0 saturated heterocycles. The topological polar surface area (TPSA) is 89.7 Å². The minimum Gasteiger partial charge on any atom is -0.337 e. The maximum atomic E-state index is 11.9. The van der Waals surface area contributed by atoms with E-state index in [1.165, 1.54) is 11.1 Å². The molecule has 23 heavy (non-hydrogen) atoms. The predicted octanol–water partition coefficient (Wildman–Crippen LogP) is 2.07. The van der Waals surface area contributed by atoms with Crippen LogP contribution in [-0.4, -0.2) is 51.6 Å². The average molecular weight is 312 g/mol. The number of rotatable bonds is 4. The molecule has 7 nitrogen and oxygen atoms in total. The summed E-state index contributed by atoms with van der Waals surface area (Å²) in [5, 5.41) is 9.85. The Morgan fingerprint density at radius 3 is 2.74 bits per heavy atom. The third kappa shape index (κ3) is 3.09. The van der Waals surface area contributed by atoms with E-state index in [4.69, 9.17) is 0 Å². The molecule has 0 fully saturated rings. The predicted molar refractivity (Wildman–Crippen MR) is 90.3 cm³/mol. The Hall–Kier alpha value is -2.67. The van der Waals surface area contributed by atoms with Crippen LogP contribution in [0.25, 0.3) is 22.6 Å². The zero-order chi connectivity index (χ0) is 16.6. The fraction of sp³-hybridized carbons (Fsp3) is 0.312. The van der Waals surface area contributed by atoms with E-state index in [0.29, 0.717) is 23.8 Å². The normalized spacial score (nSPS) is 11.3. The Bertz CT molecular complexity index is 822. The van der Waals surface area contributed by atoms with E-state index in [2.05, 4.69) is 45.4 Å². The summed E-state index contributed by atoms with van der Waals surface area (Å²) in [4.78, 5) is 21.6. The number of nitrogens with one attached hydrogen (secondary N) is 3. The van der Waals surface area contributed by atoms with Gasteiger partial charge >= 0.3 is 0 Å². The number of likely N-dealkylation sites (N-methyl/N-ethyl adjacent to an activating group) is 1. The molecule has 0 aliphatic rings. The van der Waals surface area contributed by atoms with Crippen LogP contribution < -0.4 is 5.32 Å². The van der Waals surface area contributed by atoms with Gasteiger partial charge < -0.3 is 15.2 Å². The summed E-state index contributed by atoms with van der Waals surface area (Å²) in [7, 11) is 3.69. The van der Waals surface area contributed by atoms with E-state index in [0.717, 1.165) is 11.0 Å². The minimum absolute atomic E-state index is 0.0968. The highest BCUT2D eigenvalue weighted by Gasteiger charge is 2.15. The van der Waals surface area contributed by atoms with Gasteiger partial charge in [0, 0.05) is 6.20 Å². The highest BCUT2D eigenvalue weighted by molar-refractivity contribution is 5.95. The molecule has 2 heterocycles. The fourth-order valence-corrected chi connectivity index (χ4v) is 2.42. The maximum Gasteiger partial charge on any atom is 0.238 e. The molecule has 0 atom stereocenters. The van der Waals surface area contributed by atoms with E-state index >= 15 is 0 Å². The van der Waals surface area contributed by atoms with Crippen LogP contribution in [0.15, 0.2) is 18.3 Å². The summed E-state index contributed by atoms with van der Waals surface area (Å²) in [6.07, 6.45) is 1.66. The van der Waals surface area contributed by atoms with Gasteiger partial charge in [-0.1, -0.05) is 0 Å². The highest BCUT2D eigenvalue weighted by Crippen LogP contribution is 2.26. The van der Waals surface area contributed by atoms with E-state index < -0.39 is 0 Å².